The van der Waals surface area contributed by atoms with Gasteiger partial charge in [-0.3, -0.25) is 14.8 Å². The van der Waals surface area contributed by atoms with Crippen LogP contribution >= 0.6 is 0 Å². The van der Waals surface area contributed by atoms with Crippen LogP contribution in [0.5, 0.6) is 5.75 Å². The molecule has 0 saturated carbocycles. The van der Waals surface area contributed by atoms with Crippen molar-refractivity contribution in [2.45, 2.75) is 19.1 Å². The van der Waals surface area contributed by atoms with E-state index in [-0.39, 0.29) is 12.0 Å². The minimum Gasteiger partial charge on any atom is -0.492 e. The summed E-state index contributed by atoms with van der Waals surface area (Å²) in [5.74, 6) is 1.21. The molecular formula is C23H31N3O3. The van der Waals surface area contributed by atoms with Gasteiger partial charge in [-0.05, 0) is 30.2 Å². The van der Waals surface area contributed by atoms with Crippen LogP contribution in [-0.4, -0.2) is 78.5 Å². The van der Waals surface area contributed by atoms with E-state index >= 15 is 0 Å². The third-order valence-electron chi connectivity index (χ3n) is 5.86. The lowest BCUT2D eigenvalue weighted by atomic mass is 9.97. The summed E-state index contributed by atoms with van der Waals surface area (Å²) < 4.78 is 11.5. The van der Waals surface area contributed by atoms with Crippen molar-refractivity contribution >= 4 is 0 Å². The number of hydrogen-bond acceptors (Lipinski definition) is 6. The average Bonchev–Trinajstić information content (AvgIpc) is 3.09. The summed E-state index contributed by atoms with van der Waals surface area (Å²) >= 11 is 0. The number of nitrogens with zero attached hydrogens (tertiary/aromatic N) is 3. The lowest BCUT2D eigenvalue weighted by Crippen LogP contribution is -2.38. The van der Waals surface area contributed by atoms with Crippen LogP contribution in [0.25, 0.3) is 0 Å². The van der Waals surface area contributed by atoms with Gasteiger partial charge < -0.3 is 14.6 Å². The van der Waals surface area contributed by atoms with Crippen molar-refractivity contribution in [2.75, 3.05) is 52.5 Å². The Morgan fingerprint density at radius 1 is 1.03 bits per heavy atom. The van der Waals surface area contributed by atoms with Crippen molar-refractivity contribution in [1.82, 2.24) is 14.8 Å². The molecule has 1 aromatic carbocycles. The third-order valence-corrected chi connectivity index (χ3v) is 5.86. The molecule has 2 saturated heterocycles. The highest BCUT2D eigenvalue weighted by Crippen LogP contribution is 2.26. The molecule has 2 aliphatic rings. The predicted octanol–water partition coefficient (Wildman–Crippen LogP) is 1.83. The molecule has 2 atom stereocenters. The van der Waals surface area contributed by atoms with Gasteiger partial charge in [0, 0.05) is 63.1 Å². The van der Waals surface area contributed by atoms with Crippen LogP contribution < -0.4 is 4.74 Å². The predicted molar refractivity (Wildman–Crippen MR) is 112 cm³/mol. The maximum absolute atomic E-state index is 10.5. The summed E-state index contributed by atoms with van der Waals surface area (Å²) in [6.07, 6.45) is 4.23. The fourth-order valence-electron chi connectivity index (χ4n) is 4.22. The zero-order valence-electron chi connectivity index (χ0n) is 16.9. The molecule has 6 nitrogen and oxygen atoms in total. The molecule has 2 fully saturated rings. The van der Waals surface area contributed by atoms with Gasteiger partial charge >= 0.3 is 0 Å². The highest BCUT2D eigenvalue weighted by atomic mass is 16.5. The number of aliphatic hydroxyl groups is 1. The van der Waals surface area contributed by atoms with Crippen molar-refractivity contribution in [3.63, 3.8) is 0 Å². The normalized spacial score (nSPS) is 23.3. The van der Waals surface area contributed by atoms with Crippen LogP contribution in [0.3, 0.4) is 0 Å². The zero-order chi connectivity index (χ0) is 19.9. The minimum atomic E-state index is -0.294. The molecule has 1 aromatic heterocycles. The average molecular weight is 398 g/mol. The highest BCUT2D eigenvalue weighted by Gasteiger charge is 2.31. The van der Waals surface area contributed by atoms with Crippen LogP contribution in [0, 0.1) is 5.92 Å². The van der Waals surface area contributed by atoms with Gasteiger partial charge in [0.25, 0.3) is 0 Å². The fourth-order valence-corrected chi connectivity index (χ4v) is 4.22. The van der Waals surface area contributed by atoms with E-state index in [1.807, 2.05) is 30.6 Å². The van der Waals surface area contributed by atoms with Crippen molar-refractivity contribution < 1.29 is 14.6 Å². The molecule has 0 bridgehead atoms. The third kappa shape index (κ3) is 5.76. The molecule has 0 amide bonds. The number of β-amino-alcohol motifs (C(OH)–C–C–N with tert-alkyl or cyclic N) is 1. The molecule has 2 aliphatic heterocycles. The number of pyridine rings is 1. The summed E-state index contributed by atoms with van der Waals surface area (Å²) in [5, 5.41) is 10.5. The zero-order valence-corrected chi connectivity index (χ0v) is 16.9. The first-order valence-corrected chi connectivity index (χ1v) is 10.6. The molecule has 2 aromatic rings. The number of rotatable bonds is 8. The van der Waals surface area contributed by atoms with E-state index in [1.54, 1.807) is 0 Å². The molecule has 0 spiro atoms. The Balaban J connectivity index is 1.30. The van der Waals surface area contributed by atoms with Crippen molar-refractivity contribution in [1.29, 1.82) is 0 Å². The topological polar surface area (TPSA) is 58.1 Å². The Hall–Kier alpha value is -1.99. The van der Waals surface area contributed by atoms with Crippen molar-refractivity contribution in [3.8, 4) is 5.75 Å². The van der Waals surface area contributed by atoms with E-state index in [2.05, 4.69) is 33.0 Å². The smallest absolute Gasteiger partial charge is 0.123 e. The van der Waals surface area contributed by atoms with Gasteiger partial charge in [-0.15, -0.1) is 0 Å². The summed E-state index contributed by atoms with van der Waals surface area (Å²) in [5.41, 5.74) is 2.42. The Labute approximate surface area is 173 Å². The largest absolute Gasteiger partial charge is 0.492 e. The molecule has 29 heavy (non-hydrogen) atoms. The number of para-hydroxylation sites is 1. The lowest BCUT2D eigenvalue weighted by molar-refractivity contribution is 0.0321. The van der Waals surface area contributed by atoms with E-state index in [0.29, 0.717) is 13.2 Å². The van der Waals surface area contributed by atoms with Crippen LogP contribution in [0.4, 0.5) is 0 Å². The van der Waals surface area contributed by atoms with Gasteiger partial charge in [-0.1, -0.05) is 18.2 Å². The summed E-state index contributed by atoms with van der Waals surface area (Å²) in [6, 6.07) is 12.3. The first kappa shape index (κ1) is 20.3. The molecule has 0 radical (unpaired) electrons. The first-order chi connectivity index (χ1) is 14.3. The number of likely N-dealkylation sites (tertiary alicyclic amines) is 1. The number of aliphatic hydroxyl groups excluding tert-OH is 1. The standard InChI is InChI=1S/C23H31N3O3/c27-22-18-26(17-21(22)15-19-5-7-24-8-6-19)16-20-3-1-2-4-23(20)29-14-11-25-9-12-28-13-10-25/h1-8,21-22,27H,9-18H2/t21-,22+/m1/s1. The van der Waals surface area contributed by atoms with Gasteiger partial charge in [0.05, 0.1) is 19.3 Å². The highest BCUT2D eigenvalue weighted by molar-refractivity contribution is 5.33. The van der Waals surface area contributed by atoms with Gasteiger partial charge in [-0.2, -0.15) is 0 Å². The Bertz CT molecular complexity index is 752. The van der Waals surface area contributed by atoms with Gasteiger partial charge in [0.2, 0.25) is 0 Å². The van der Waals surface area contributed by atoms with E-state index in [9.17, 15) is 5.11 Å². The Morgan fingerprint density at radius 3 is 2.66 bits per heavy atom. The molecule has 6 heteroatoms. The summed E-state index contributed by atoms with van der Waals surface area (Å²) in [7, 11) is 0. The monoisotopic (exact) mass is 397 g/mol. The molecule has 3 heterocycles. The SMILES string of the molecule is O[C@H]1CN(Cc2ccccc2OCCN2CCOCC2)C[C@H]1Cc1ccncc1. The molecular weight excluding hydrogens is 366 g/mol. The molecule has 1 N–H and O–H groups in total. The van der Waals surface area contributed by atoms with Crippen LogP contribution in [0.1, 0.15) is 11.1 Å². The second-order valence-electron chi connectivity index (χ2n) is 7.99. The van der Waals surface area contributed by atoms with Gasteiger partial charge in [0.1, 0.15) is 12.4 Å². The maximum Gasteiger partial charge on any atom is 0.123 e. The Morgan fingerprint density at radius 2 is 1.83 bits per heavy atom. The Kier molecular flexibility index (Phi) is 7.11. The second-order valence-corrected chi connectivity index (χ2v) is 7.99. The quantitative estimate of drug-likeness (QED) is 0.733. The second kappa shape index (κ2) is 10.2. The minimum absolute atomic E-state index is 0.256. The van der Waals surface area contributed by atoms with Gasteiger partial charge in [0.15, 0.2) is 0 Å². The van der Waals surface area contributed by atoms with Crippen molar-refractivity contribution in [3.05, 3.63) is 59.9 Å². The van der Waals surface area contributed by atoms with Crippen LogP contribution in [0.15, 0.2) is 48.8 Å². The van der Waals surface area contributed by atoms with E-state index in [0.717, 1.165) is 58.1 Å². The summed E-state index contributed by atoms with van der Waals surface area (Å²) in [6.45, 7) is 7.60. The number of morpholine rings is 1. The maximum atomic E-state index is 10.5. The number of benzene rings is 1. The molecule has 156 valence electrons. The van der Waals surface area contributed by atoms with Gasteiger partial charge in [-0.25, -0.2) is 0 Å². The number of ether oxygens (including phenoxy) is 2. The summed E-state index contributed by atoms with van der Waals surface area (Å²) in [4.78, 5) is 8.79. The number of hydrogen-bond donors (Lipinski definition) is 1. The molecule has 4 rings (SSSR count). The van der Waals surface area contributed by atoms with E-state index in [1.165, 1.54) is 11.1 Å². The van der Waals surface area contributed by atoms with Crippen molar-refractivity contribution in [2.24, 2.45) is 5.92 Å². The number of aromatic nitrogens is 1. The molecule has 0 unspecified atom stereocenters. The fraction of sp³-hybridized carbons (Fsp3) is 0.522. The van der Waals surface area contributed by atoms with E-state index in [4.69, 9.17) is 9.47 Å². The van der Waals surface area contributed by atoms with Crippen LogP contribution in [-0.2, 0) is 17.7 Å². The molecule has 0 aliphatic carbocycles. The lowest BCUT2D eigenvalue weighted by Gasteiger charge is -2.26. The first-order valence-electron chi connectivity index (χ1n) is 10.6. The van der Waals surface area contributed by atoms with E-state index < -0.39 is 0 Å². The van der Waals surface area contributed by atoms with Crippen LogP contribution in [0.2, 0.25) is 0 Å².